The van der Waals surface area contributed by atoms with Gasteiger partial charge in [-0.25, -0.2) is 0 Å². The van der Waals surface area contributed by atoms with Crippen molar-refractivity contribution >= 4 is 34.1 Å². The maximum absolute atomic E-state index is 12.7. The number of aromatic nitrogens is 1. The van der Waals surface area contributed by atoms with Gasteiger partial charge in [-0.1, -0.05) is 54.7 Å². The highest BCUT2D eigenvalue weighted by molar-refractivity contribution is 6.35. The van der Waals surface area contributed by atoms with Gasteiger partial charge >= 0.3 is 6.36 Å². The highest BCUT2D eigenvalue weighted by Gasteiger charge is 2.31. The summed E-state index contributed by atoms with van der Waals surface area (Å²) in [7, 11) is 0. The molecule has 6 rings (SSSR count). The van der Waals surface area contributed by atoms with Gasteiger partial charge in [0.2, 0.25) is 0 Å². The second-order valence-electron chi connectivity index (χ2n) is 11.7. The van der Waals surface area contributed by atoms with Crippen LogP contribution in [-0.4, -0.2) is 46.9 Å². The van der Waals surface area contributed by atoms with E-state index in [0.29, 0.717) is 21.9 Å². The zero-order chi connectivity index (χ0) is 29.4. The summed E-state index contributed by atoms with van der Waals surface area (Å²) < 4.78 is 44.4. The van der Waals surface area contributed by atoms with Crippen molar-refractivity contribution < 1.29 is 17.9 Å². The van der Waals surface area contributed by atoms with Crippen molar-refractivity contribution in [3.05, 3.63) is 93.6 Å². The number of piperazine rings is 1. The molecule has 3 aromatic carbocycles. The van der Waals surface area contributed by atoms with Crippen LogP contribution in [-0.2, 0) is 13.1 Å². The molecule has 2 heterocycles. The molecule has 2 aliphatic rings. The van der Waals surface area contributed by atoms with E-state index in [1.807, 2.05) is 18.2 Å². The Labute approximate surface area is 254 Å². The summed E-state index contributed by atoms with van der Waals surface area (Å²) in [4.78, 5) is 4.85. The van der Waals surface area contributed by atoms with E-state index >= 15 is 0 Å². The van der Waals surface area contributed by atoms with Crippen LogP contribution in [0.3, 0.4) is 0 Å². The molecule has 2 unspecified atom stereocenters. The molecule has 1 aromatic heterocycles. The highest BCUT2D eigenvalue weighted by atomic mass is 35.5. The number of hydrogen-bond donors (Lipinski definition) is 0. The average Bonchev–Trinajstić information content (AvgIpc) is 3.55. The minimum absolute atomic E-state index is 0.218. The first-order valence-electron chi connectivity index (χ1n) is 14.5. The molecule has 0 N–H and O–H groups in total. The van der Waals surface area contributed by atoms with Gasteiger partial charge in [-0.2, -0.15) is 0 Å². The van der Waals surface area contributed by atoms with Crippen molar-refractivity contribution in [3.63, 3.8) is 0 Å². The molecule has 9 heteroatoms. The molecule has 0 amide bonds. The van der Waals surface area contributed by atoms with Crippen molar-refractivity contribution in [2.75, 3.05) is 26.2 Å². The quantitative estimate of drug-likeness (QED) is 0.207. The third-order valence-corrected chi connectivity index (χ3v) is 9.41. The van der Waals surface area contributed by atoms with E-state index in [1.54, 1.807) is 12.1 Å². The van der Waals surface area contributed by atoms with Crippen LogP contribution in [0.15, 0.2) is 66.9 Å². The van der Waals surface area contributed by atoms with E-state index in [-0.39, 0.29) is 5.75 Å². The van der Waals surface area contributed by atoms with Crippen LogP contribution >= 0.6 is 23.2 Å². The normalized spacial score (nSPS) is 20.4. The smallest absolute Gasteiger partial charge is 0.406 e. The number of ether oxygens (including phenoxy) is 1. The van der Waals surface area contributed by atoms with Crippen LogP contribution in [0.1, 0.15) is 48.8 Å². The number of fused-ring (bicyclic) bond motifs is 1. The third kappa shape index (κ3) is 6.60. The Hall–Kier alpha value is -2.71. The van der Waals surface area contributed by atoms with Gasteiger partial charge in [0.15, 0.2) is 0 Å². The van der Waals surface area contributed by atoms with Crippen LogP contribution in [0.2, 0.25) is 10.0 Å². The summed E-state index contributed by atoms with van der Waals surface area (Å²) in [6, 6.07) is 18.5. The molecule has 0 spiro atoms. The average molecular weight is 617 g/mol. The van der Waals surface area contributed by atoms with E-state index in [0.717, 1.165) is 68.9 Å². The van der Waals surface area contributed by atoms with Gasteiger partial charge in [0.25, 0.3) is 0 Å². The SMILES string of the molecule is CC1CCC(c2cn(-c3ccc(OC(F)(F)F)cc3)c3cc(CN4CCN(Cc5c(Cl)cccc5Cl)CC4)ccc23)C1. The molecule has 1 aliphatic carbocycles. The first kappa shape index (κ1) is 29.4. The Balaban J connectivity index is 1.21. The van der Waals surface area contributed by atoms with Gasteiger partial charge in [-0.05, 0) is 78.3 Å². The Morgan fingerprint density at radius 3 is 2.14 bits per heavy atom. The summed E-state index contributed by atoms with van der Waals surface area (Å²) in [5, 5.41) is 2.63. The molecular weight excluding hydrogens is 582 g/mol. The summed E-state index contributed by atoms with van der Waals surface area (Å²) in [5.41, 5.74) is 5.41. The van der Waals surface area contributed by atoms with Gasteiger partial charge in [-0.3, -0.25) is 9.80 Å². The predicted octanol–water partition coefficient (Wildman–Crippen LogP) is 9.06. The maximum Gasteiger partial charge on any atom is 0.573 e. The molecule has 2 fully saturated rings. The summed E-state index contributed by atoms with van der Waals surface area (Å²) >= 11 is 12.8. The van der Waals surface area contributed by atoms with Crippen LogP contribution < -0.4 is 4.74 Å². The first-order valence-corrected chi connectivity index (χ1v) is 15.3. The third-order valence-electron chi connectivity index (χ3n) is 8.70. The van der Waals surface area contributed by atoms with Crippen molar-refractivity contribution in [1.82, 2.24) is 14.4 Å². The van der Waals surface area contributed by atoms with Gasteiger partial charge in [-0.15, -0.1) is 13.2 Å². The van der Waals surface area contributed by atoms with Gasteiger partial charge < -0.3 is 9.30 Å². The molecule has 4 aromatic rings. The zero-order valence-corrected chi connectivity index (χ0v) is 25.0. The summed E-state index contributed by atoms with van der Waals surface area (Å²) in [6.45, 7) is 7.60. The van der Waals surface area contributed by atoms with E-state index < -0.39 is 6.36 Å². The standard InChI is InChI=1S/C33H34Cl2F3N3O/c1-22-5-7-24(17-22)28-21-41(25-8-10-26(11-9-25)42-33(36,37)38)32-18-23(6-12-27(28)32)19-39-13-15-40(16-14-39)20-29-30(34)3-2-4-31(29)35/h2-4,6,8-12,18,21-22,24H,5,7,13-17,19-20H2,1H3. The monoisotopic (exact) mass is 615 g/mol. The molecule has 2 atom stereocenters. The van der Waals surface area contributed by atoms with E-state index in [9.17, 15) is 13.2 Å². The second kappa shape index (κ2) is 12.1. The molecule has 1 saturated heterocycles. The summed E-state index contributed by atoms with van der Waals surface area (Å²) in [5.74, 6) is 0.963. The first-order chi connectivity index (χ1) is 20.1. The fraction of sp³-hybridized carbons (Fsp3) is 0.394. The Bertz CT molecular complexity index is 1520. The number of benzene rings is 3. The van der Waals surface area contributed by atoms with Crippen molar-refractivity contribution in [2.45, 2.75) is 51.6 Å². The molecular formula is C33H34Cl2F3N3O. The number of hydrogen-bond acceptors (Lipinski definition) is 3. The zero-order valence-electron chi connectivity index (χ0n) is 23.5. The topological polar surface area (TPSA) is 20.6 Å². The van der Waals surface area contributed by atoms with Crippen LogP contribution in [0.25, 0.3) is 16.6 Å². The number of nitrogens with zero attached hydrogens (tertiary/aromatic N) is 3. The van der Waals surface area contributed by atoms with Gasteiger partial charge in [0.1, 0.15) is 5.75 Å². The van der Waals surface area contributed by atoms with E-state index in [1.165, 1.54) is 35.1 Å². The highest BCUT2D eigenvalue weighted by Crippen LogP contribution is 2.42. The molecule has 1 aliphatic heterocycles. The molecule has 0 bridgehead atoms. The van der Waals surface area contributed by atoms with Crippen molar-refractivity contribution in [3.8, 4) is 11.4 Å². The Morgan fingerprint density at radius 1 is 0.857 bits per heavy atom. The van der Waals surface area contributed by atoms with Gasteiger partial charge in [0.05, 0.1) is 5.52 Å². The van der Waals surface area contributed by atoms with Crippen LogP contribution in [0.4, 0.5) is 13.2 Å². The lowest BCUT2D eigenvalue weighted by Crippen LogP contribution is -2.45. The molecule has 222 valence electrons. The largest absolute Gasteiger partial charge is 0.573 e. The molecule has 1 saturated carbocycles. The van der Waals surface area contributed by atoms with Crippen LogP contribution in [0, 0.1) is 5.92 Å². The maximum atomic E-state index is 12.7. The lowest BCUT2D eigenvalue weighted by Gasteiger charge is -2.35. The van der Waals surface area contributed by atoms with Gasteiger partial charge in [0, 0.05) is 72.1 Å². The molecule has 42 heavy (non-hydrogen) atoms. The van der Waals surface area contributed by atoms with E-state index in [4.69, 9.17) is 23.2 Å². The van der Waals surface area contributed by atoms with Crippen molar-refractivity contribution in [2.24, 2.45) is 5.92 Å². The second-order valence-corrected chi connectivity index (χ2v) is 12.5. The Morgan fingerprint density at radius 2 is 1.52 bits per heavy atom. The van der Waals surface area contributed by atoms with E-state index in [2.05, 4.69) is 50.4 Å². The molecule has 4 nitrogen and oxygen atoms in total. The number of alkyl halides is 3. The lowest BCUT2D eigenvalue weighted by molar-refractivity contribution is -0.274. The predicted molar refractivity (Wildman–Crippen MR) is 163 cm³/mol. The molecule has 0 radical (unpaired) electrons. The minimum atomic E-state index is -4.71. The fourth-order valence-electron chi connectivity index (χ4n) is 6.50. The summed E-state index contributed by atoms with van der Waals surface area (Å²) in [6.07, 6.45) is 1.01. The minimum Gasteiger partial charge on any atom is -0.406 e. The number of halogens is 5. The Kier molecular flexibility index (Phi) is 8.47. The van der Waals surface area contributed by atoms with Crippen molar-refractivity contribution in [1.29, 1.82) is 0 Å². The fourth-order valence-corrected chi connectivity index (χ4v) is 7.02. The van der Waals surface area contributed by atoms with Crippen LogP contribution in [0.5, 0.6) is 5.75 Å². The number of rotatable bonds is 7. The lowest BCUT2D eigenvalue weighted by atomic mass is 9.95.